The second kappa shape index (κ2) is 6.16. The molecule has 0 radical (unpaired) electrons. The summed E-state index contributed by atoms with van der Waals surface area (Å²) in [5, 5.41) is 0.682. The van der Waals surface area contributed by atoms with Crippen molar-refractivity contribution < 1.29 is 9.53 Å². The molecule has 0 bridgehead atoms. The highest BCUT2D eigenvalue weighted by Crippen LogP contribution is 2.16. The number of carbonyl (C=O) groups excluding carboxylic acids is 1. The predicted molar refractivity (Wildman–Crippen MR) is 76.5 cm³/mol. The number of carbonyl (C=O) groups is 1. The Balaban J connectivity index is 2.11. The maximum atomic E-state index is 11.3. The molecule has 0 saturated carbocycles. The van der Waals surface area contributed by atoms with Crippen LogP contribution in [0, 0.1) is 0 Å². The standard InChI is InChI=1S/C15H12ClNO2/c1-19-15(18)12-4-2-11(3-5-12)10-17-14-8-6-13(16)7-9-14/h2-10H,1H3/b17-10+. The molecular weight excluding hydrogens is 262 g/mol. The molecule has 2 rings (SSSR count). The van der Waals surface area contributed by atoms with Crippen molar-refractivity contribution >= 4 is 29.5 Å². The van der Waals surface area contributed by atoms with Gasteiger partial charge in [0, 0.05) is 11.2 Å². The Kier molecular flexibility index (Phi) is 4.31. The predicted octanol–water partition coefficient (Wildman–Crippen LogP) is 3.88. The van der Waals surface area contributed by atoms with E-state index in [1.165, 1.54) is 7.11 Å². The summed E-state index contributed by atoms with van der Waals surface area (Å²) in [4.78, 5) is 15.6. The van der Waals surface area contributed by atoms with E-state index in [1.807, 2.05) is 24.3 Å². The van der Waals surface area contributed by atoms with Crippen molar-refractivity contribution in [3.63, 3.8) is 0 Å². The molecule has 3 nitrogen and oxygen atoms in total. The fourth-order valence-corrected chi connectivity index (χ4v) is 1.63. The lowest BCUT2D eigenvalue weighted by atomic mass is 10.1. The van der Waals surface area contributed by atoms with Crippen LogP contribution in [0.4, 0.5) is 5.69 Å². The summed E-state index contributed by atoms with van der Waals surface area (Å²) in [6.45, 7) is 0. The number of rotatable bonds is 3. The monoisotopic (exact) mass is 273 g/mol. The Labute approximate surface area is 116 Å². The van der Waals surface area contributed by atoms with Gasteiger partial charge in [-0.25, -0.2) is 4.79 Å². The fourth-order valence-electron chi connectivity index (χ4n) is 1.50. The summed E-state index contributed by atoms with van der Waals surface area (Å²) in [5.41, 5.74) is 2.25. The number of aliphatic imine (C=N–C) groups is 1. The van der Waals surface area contributed by atoms with Gasteiger partial charge in [-0.15, -0.1) is 0 Å². The second-order valence-electron chi connectivity index (χ2n) is 3.85. The van der Waals surface area contributed by atoms with Crippen LogP contribution in [0.3, 0.4) is 0 Å². The Morgan fingerprint density at radius 3 is 2.32 bits per heavy atom. The largest absolute Gasteiger partial charge is 0.465 e. The van der Waals surface area contributed by atoms with E-state index in [0.29, 0.717) is 10.6 Å². The minimum absolute atomic E-state index is 0.346. The Morgan fingerprint density at radius 2 is 1.74 bits per heavy atom. The first-order valence-corrected chi connectivity index (χ1v) is 6.05. The summed E-state index contributed by atoms with van der Waals surface area (Å²) in [6.07, 6.45) is 1.73. The third kappa shape index (κ3) is 3.66. The van der Waals surface area contributed by atoms with E-state index in [0.717, 1.165) is 11.3 Å². The highest BCUT2D eigenvalue weighted by atomic mass is 35.5. The molecule has 2 aromatic carbocycles. The topological polar surface area (TPSA) is 38.7 Å². The van der Waals surface area contributed by atoms with Gasteiger partial charge >= 0.3 is 5.97 Å². The Hall–Kier alpha value is -2.13. The Bertz CT molecular complexity index is 589. The van der Waals surface area contributed by atoms with Crippen molar-refractivity contribution in [2.45, 2.75) is 0 Å². The van der Waals surface area contributed by atoms with E-state index >= 15 is 0 Å². The molecule has 19 heavy (non-hydrogen) atoms. The maximum Gasteiger partial charge on any atom is 0.337 e. The second-order valence-corrected chi connectivity index (χ2v) is 4.28. The van der Waals surface area contributed by atoms with Crippen molar-refractivity contribution in [2.75, 3.05) is 7.11 Å². The van der Waals surface area contributed by atoms with Gasteiger partial charge in [-0.05, 0) is 42.0 Å². The number of hydrogen-bond acceptors (Lipinski definition) is 3. The molecule has 0 aliphatic carbocycles. The van der Waals surface area contributed by atoms with Crippen LogP contribution < -0.4 is 0 Å². The molecule has 0 aliphatic rings. The number of benzene rings is 2. The van der Waals surface area contributed by atoms with Gasteiger partial charge in [0.15, 0.2) is 0 Å². The van der Waals surface area contributed by atoms with Crippen molar-refractivity contribution in [2.24, 2.45) is 4.99 Å². The highest BCUT2D eigenvalue weighted by molar-refractivity contribution is 6.30. The summed E-state index contributed by atoms with van der Waals surface area (Å²) in [5.74, 6) is -0.346. The molecule has 0 heterocycles. The number of halogens is 1. The SMILES string of the molecule is COC(=O)c1ccc(/C=N/c2ccc(Cl)cc2)cc1. The zero-order valence-electron chi connectivity index (χ0n) is 10.3. The van der Waals surface area contributed by atoms with Crippen molar-refractivity contribution in [3.05, 3.63) is 64.7 Å². The molecule has 4 heteroatoms. The van der Waals surface area contributed by atoms with Crippen LogP contribution in [0.2, 0.25) is 5.02 Å². The lowest BCUT2D eigenvalue weighted by molar-refractivity contribution is 0.0601. The normalized spacial score (nSPS) is 10.6. The summed E-state index contributed by atoms with van der Waals surface area (Å²) < 4.78 is 4.63. The van der Waals surface area contributed by atoms with E-state index in [1.54, 1.807) is 30.5 Å². The number of nitrogens with zero attached hydrogens (tertiary/aromatic N) is 1. The molecule has 0 aromatic heterocycles. The molecule has 0 unspecified atom stereocenters. The molecule has 0 spiro atoms. The van der Waals surface area contributed by atoms with Crippen molar-refractivity contribution in [1.82, 2.24) is 0 Å². The smallest absolute Gasteiger partial charge is 0.337 e. The van der Waals surface area contributed by atoms with E-state index < -0.39 is 0 Å². The minimum Gasteiger partial charge on any atom is -0.465 e. The quantitative estimate of drug-likeness (QED) is 0.629. The molecule has 0 amide bonds. The molecule has 2 aromatic rings. The fraction of sp³-hybridized carbons (Fsp3) is 0.0667. The van der Waals surface area contributed by atoms with Crippen LogP contribution in [-0.4, -0.2) is 19.3 Å². The molecule has 0 fully saturated rings. The summed E-state index contributed by atoms with van der Waals surface area (Å²) in [7, 11) is 1.36. The zero-order valence-corrected chi connectivity index (χ0v) is 11.1. The molecule has 96 valence electrons. The molecule has 0 aliphatic heterocycles. The van der Waals surface area contributed by atoms with Gasteiger partial charge in [0.25, 0.3) is 0 Å². The number of ether oxygens (including phenoxy) is 1. The van der Waals surface area contributed by atoms with Crippen LogP contribution in [0.15, 0.2) is 53.5 Å². The third-order valence-electron chi connectivity index (χ3n) is 2.52. The highest BCUT2D eigenvalue weighted by Gasteiger charge is 2.03. The average Bonchev–Trinajstić information content (AvgIpc) is 2.46. The molecule has 0 atom stereocenters. The van der Waals surface area contributed by atoms with Crippen LogP contribution >= 0.6 is 11.6 Å². The van der Waals surface area contributed by atoms with E-state index in [2.05, 4.69) is 9.73 Å². The number of methoxy groups -OCH3 is 1. The molecular formula is C15H12ClNO2. The third-order valence-corrected chi connectivity index (χ3v) is 2.77. The van der Waals surface area contributed by atoms with Gasteiger partial charge in [-0.3, -0.25) is 4.99 Å². The van der Waals surface area contributed by atoms with E-state index in [-0.39, 0.29) is 5.97 Å². The summed E-state index contributed by atoms with van der Waals surface area (Å²) >= 11 is 5.79. The van der Waals surface area contributed by atoms with Crippen molar-refractivity contribution in [1.29, 1.82) is 0 Å². The van der Waals surface area contributed by atoms with Gasteiger partial charge < -0.3 is 4.74 Å². The first-order chi connectivity index (χ1) is 9.19. The van der Waals surface area contributed by atoms with E-state index in [4.69, 9.17) is 11.6 Å². The van der Waals surface area contributed by atoms with Crippen molar-refractivity contribution in [3.8, 4) is 0 Å². The molecule has 0 N–H and O–H groups in total. The van der Waals surface area contributed by atoms with Gasteiger partial charge in [0.2, 0.25) is 0 Å². The van der Waals surface area contributed by atoms with Gasteiger partial charge in [-0.1, -0.05) is 23.7 Å². The number of hydrogen-bond donors (Lipinski definition) is 0. The lowest BCUT2D eigenvalue weighted by Crippen LogP contribution is -2.00. The first-order valence-electron chi connectivity index (χ1n) is 5.67. The van der Waals surface area contributed by atoms with Crippen LogP contribution in [0.5, 0.6) is 0 Å². The van der Waals surface area contributed by atoms with Crippen LogP contribution in [0.1, 0.15) is 15.9 Å². The first kappa shape index (κ1) is 13.3. The van der Waals surface area contributed by atoms with Gasteiger partial charge in [0.1, 0.15) is 0 Å². The van der Waals surface area contributed by atoms with E-state index in [9.17, 15) is 4.79 Å². The Morgan fingerprint density at radius 1 is 1.11 bits per heavy atom. The molecule has 0 saturated heterocycles. The maximum absolute atomic E-state index is 11.3. The minimum atomic E-state index is -0.346. The van der Waals surface area contributed by atoms with Gasteiger partial charge in [-0.2, -0.15) is 0 Å². The van der Waals surface area contributed by atoms with Crippen LogP contribution in [0.25, 0.3) is 0 Å². The lowest BCUT2D eigenvalue weighted by Gasteiger charge is -1.99. The number of esters is 1. The van der Waals surface area contributed by atoms with Crippen LogP contribution in [-0.2, 0) is 4.74 Å². The zero-order chi connectivity index (χ0) is 13.7. The summed E-state index contributed by atoms with van der Waals surface area (Å²) in [6, 6.07) is 14.3. The van der Waals surface area contributed by atoms with Gasteiger partial charge in [0.05, 0.1) is 18.4 Å². The average molecular weight is 274 g/mol.